The fourth-order valence-electron chi connectivity index (χ4n) is 1.52. The summed E-state index contributed by atoms with van der Waals surface area (Å²) in [5.74, 6) is -0.836. The molecule has 0 aliphatic carbocycles. The fourth-order valence-corrected chi connectivity index (χ4v) is 3.12. The highest BCUT2D eigenvalue weighted by molar-refractivity contribution is 7.89. The van der Waals surface area contributed by atoms with Gasteiger partial charge in [-0.2, -0.15) is 0 Å². The number of halogens is 1. The van der Waals surface area contributed by atoms with Gasteiger partial charge in [-0.3, -0.25) is 4.79 Å². The largest absolute Gasteiger partial charge is 0.481 e. The fraction of sp³-hybridized carbons (Fsp3) is 0.417. The van der Waals surface area contributed by atoms with Crippen LogP contribution in [0.3, 0.4) is 0 Å². The molecule has 0 saturated heterocycles. The van der Waals surface area contributed by atoms with E-state index in [4.69, 9.17) is 16.7 Å². The topological polar surface area (TPSA) is 83.5 Å². The second kappa shape index (κ2) is 7.47. The van der Waals surface area contributed by atoms with Gasteiger partial charge in [0.2, 0.25) is 10.0 Å². The normalized spacial score (nSPS) is 11.4. The average Bonchev–Trinajstić information content (AvgIpc) is 2.33. The summed E-state index contributed by atoms with van der Waals surface area (Å²) in [6, 6.07) is 6.22. The van der Waals surface area contributed by atoms with Crippen LogP contribution in [0.4, 0.5) is 0 Å². The molecule has 0 aliphatic rings. The van der Waals surface area contributed by atoms with E-state index in [1.807, 2.05) is 0 Å². The summed E-state index contributed by atoms with van der Waals surface area (Å²) < 4.78 is 26.3. The number of unbranched alkanes of at least 4 members (excludes halogenated alkanes) is 2. The van der Waals surface area contributed by atoms with Crippen molar-refractivity contribution < 1.29 is 18.3 Å². The Hall–Kier alpha value is -1.11. The molecular formula is C12H16ClNO4S. The third-order valence-electron chi connectivity index (χ3n) is 2.49. The summed E-state index contributed by atoms with van der Waals surface area (Å²) >= 11 is 5.82. The summed E-state index contributed by atoms with van der Waals surface area (Å²) in [5, 5.41) is 8.63. The van der Waals surface area contributed by atoms with E-state index in [0.29, 0.717) is 19.3 Å². The van der Waals surface area contributed by atoms with E-state index in [-0.39, 0.29) is 22.9 Å². The molecule has 0 aliphatic heterocycles. The number of rotatable bonds is 8. The maximum Gasteiger partial charge on any atom is 0.303 e. The molecule has 19 heavy (non-hydrogen) atoms. The molecular weight excluding hydrogens is 290 g/mol. The first kappa shape index (κ1) is 15.9. The zero-order valence-corrected chi connectivity index (χ0v) is 11.9. The van der Waals surface area contributed by atoms with Crippen LogP contribution in [0.5, 0.6) is 0 Å². The van der Waals surface area contributed by atoms with Gasteiger partial charge < -0.3 is 5.11 Å². The molecule has 0 aromatic heterocycles. The van der Waals surface area contributed by atoms with Crippen LogP contribution in [0.2, 0.25) is 5.02 Å². The lowest BCUT2D eigenvalue weighted by atomic mass is 10.2. The highest BCUT2D eigenvalue weighted by Crippen LogP contribution is 2.20. The number of sulfonamides is 1. The van der Waals surface area contributed by atoms with Crippen LogP contribution in [-0.2, 0) is 14.8 Å². The number of carboxylic acids is 1. The van der Waals surface area contributed by atoms with Gasteiger partial charge in [-0.1, -0.05) is 30.2 Å². The molecule has 0 unspecified atom stereocenters. The lowest BCUT2D eigenvalue weighted by molar-refractivity contribution is -0.137. The van der Waals surface area contributed by atoms with Crippen molar-refractivity contribution in [1.29, 1.82) is 0 Å². The van der Waals surface area contributed by atoms with E-state index >= 15 is 0 Å². The number of carboxylic acid groups (broad SMARTS) is 1. The first-order valence-electron chi connectivity index (χ1n) is 5.89. The standard InChI is InChI=1S/C12H16ClNO4S/c13-10-6-3-4-7-11(10)19(17,18)14-9-5-1-2-8-12(15)16/h3-4,6-7,14H,1-2,5,8-9H2,(H,15,16). The Bertz CT molecular complexity index is 530. The predicted octanol–water partition coefficient (Wildman–Crippen LogP) is 2.26. The number of carbonyl (C=O) groups is 1. The summed E-state index contributed by atoms with van der Waals surface area (Å²) in [6.45, 7) is 0.271. The van der Waals surface area contributed by atoms with Crippen molar-refractivity contribution in [2.45, 2.75) is 30.6 Å². The molecule has 1 aromatic carbocycles. The van der Waals surface area contributed by atoms with E-state index in [1.54, 1.807) is 12.1 Å². The van der Waals surface area contributed by atoms with Gasteiger partial charge in [-0.05, 0) is 25.0 Å². The van der Waals surface area contributed by atoms with E-state index in [2.05, 4.69) is 4.72 Å². The average molecular weight is 306 g/mol. The zero-order valence-electron chi connectivity index (χ0n) is 10.3. The van der Waals surface area contributed by atoms with Crippen LogP contribution in [-0.4, -0.2) is 26.0 Å². The van der Waals surface area contributed by atoms with Gasteiger partial charge in [0.1, 0.15) is 4.90 Å². The quantitative estimate of drug-likeness (QED) is 0.722. The maximum atomic E-state index is 11.9. The molecule has 0 heterocycles. The van der Waals surface area contributed by atoms with Crippen LogP contribution < -0.4 is 4.72 Å². The molecule has 106 valence electrons. The van der Waals surface area contributed by atoms with Gasteiger partial charge in [-0.15, -0.1) is 0 Å². The monoisotopic (exact) mass is 305 g/mol. The molecule has 0 radical (unpaired) electrons. The van der Waals surface area contributed by atoms with Crippen molar-refractivity contribution in [2.24, 2.45) is 0 Å². The Morgan fingerprint density at radius 1 is 1.21 bits per heavy atom. The van der Waals surface area contributed by atoms with Gasteiger partial charge in [0.15, 0.2) is 0 Å². The van der Waals surface area contributed by atoms with Gasteiger partial charge in [0.05, 0.1) is 5.02 Å². The maximum absolute atomic E-state index is 11.9. The Morgan fingerprint density at radius 2 is 1.89 bits per heavy atom. The molecule has 2 N–H and O–H groups in total. The number of hydrogen-bond acceptors (Lipinski definition) is 3. The third kappa shape index (κ3) is 5.59. The minimum absolute atomic E-state index is 0.0576. The molecule has 7 heteroatoms. The minimum atomic E-state index is -3.59. The van der Waals surface area contributed by atoms with Crippen LogP contribution in [0, 0.1) is 0 Å². The van der Waals surface area contributed by atoms with Gasteiger partial charge in [0, 0.05) is 13.0 Å². The molecule has 5 nitrogen and oxygen atoms in total. The van der Waals surface area contributed by atoms with Crippen molar-refractivity contribution >= 4 is 27.6 Å². The van der Waals surface area contributed by atoms with Crippen LogP contribution in [0.1, 0.15) is 25.7 Å². The number of benzene rings is 1. The predicted molar refractivity (Wildman–Crippen MR) is 72.7 cm³/mol. The lowest BCUT2D eigenvalue weighted by Gasteiger charge is -2.07. The number of nitrogens with one attached hydrogen (secondary N) is 1. The molecule has 0 fully saturated rings. The van der Waals surface area contributed by atoms with Crippen LogP contribution >= 0.6 is 11.6 Å². The van der Waals surface area contributed by atoms with Crippen LogP contribution in [0.15, 0.2) is 29.2 Å². The van der Waals surface area contributed by atoms with Crippen molar-refractivity contribution in [2.75, 3.05) is 6.54 Å². The van der Waals surface area contributed by atoms with Crippen molar-refractivity contribution in [3.63, 3.8) is 0 Å². The smallest absolute Gasteiger partial charge is 0.303 e. The summed E-state index contributed by atoms with van der Waals surface area (Å²) in [7, 11) is -3.59. The first-order chi connectivity index (χ1) is 8.93. The second-order valence-corrected chi connectivity index (χ2v) is 6.18. The second-order valence-electron chi connectivity index (χ2n) is 4.03. The van der Waals surface area contributed by atoms with Crippen molar-refractivity contribution in [3.8, 4) is 0 Å². The number of hydrogen-bond donors (Lipinski definition) is 2. The molecule has 0 atom stereocenters. The number of aliphatic carboxylic acids is 1. The summed E-state index contributed by atoms with van der Waals surface area (Å²) in [4.78, 5) is 10.3. The SMILES string of the molecule is O=C(O)CCCCCNS(=O)(=O)c1ccccc1Cl. The van der Waals surface area contributed by atoms with E-state index in [0.717, 1.165) is 0 Å². The molecule has 0 spiro atoms. The van der Waals surface area contributed by atoms with E-state index in [1.165, 1.54) is 12.1 Å². The molecule has 0 bridgehead atoms. The first-order valence-corrected chi connectivity index (χ1v) is 7.75. The third-order valence-corrected chi connectivity index (χ3v) is 4.45. The van der Waals surface area contributed by atoms with E-state index in [9.17, 15) is 13.2 Å². The summed E-state index contributed by atoms with van der Waals surface area (Å²) in [6.07, 6.45) is 1.91. The highest BCUT2D eigenvalue weighted by atomic mass is 35.5. The van der Waals surface area contributed by atoms with Crippen molar-refractivity contribution in [1.82, 2.24) is 4.72 Å². The lowest BCUT2D eigenvalue weighted by Crippen LogP contribution is -2.25. The Morgan fingerprint density at radius 3 is 2.53 bits per heavy atom. The van der Waals surface area contributed by atoms with Gasteiger partial charge >= 0.3 is 5.97 Å². The van der Waals surface area contributed by atoms with Crippen molar-refractivity contribution in [3.05, 3.63) is 29.3 Å². The highest BCUT2D eigenvalue weighted by Gasteiger charge is 2.16. The molecule has 1 rings (SSSR count). The molecule has 0 saturated carbocycles. The minimum Gasteiger partial charge on any atom is -0.481 e. The Labute approximate surface area is 117 Å². The van der Waals surface area contributed by atoms with Gasteiger partial charge in [0.25, 0.3) is 0 Å². The molecule has 0 amide bonds. The van der Waals surface area contributed by atoms with Crippen LogP contribution in [0.25, 0.3) is 0 Å². The Kier molecular flexibility index (Phi) is 6.27. The molecule has 1 aromatic rings. The Balaban J connectivity index is 2.40. The van der Waals surface area contributed by atoms with E-state index < -0.39 is 16.0 Å². The summed E-state index contributed by atoms with van der Waals surface area (Å²) in [5.41, 5.74) is 0. The van der Waals surface area contributed by atoms with Gasteiger partial charge in [-0.25, -0.2) is 13.1 Å². The zero-order chi connectivity index (χ0) is 14.3.